The Labute approximate surface area is 133 Å². The Hall–Kier alpha value is -1.47. The zero-order valence-corrected chi connectivity index (χ0v) is 14.5. The minimum absolute atomic E-state index is 0.764. The van der Waals surface area contributed by atoms with E-state index in [2.05, 4.69) is 37.5 Å². The largest absolute Gasteiger partial charge is 0.356 e. The highest BCUT2D eigenvalue weighted by atomic mass is 32.1. The van der Waals surface area contributed by atoms with Crippen LogP contribution in [-0.4, -0.2) is 41.5 Å². The summed E-state index contributed by atoms with van der Waals surface area (Å²) in [6, 6.07) is 0. The molecule has 0 fully saturated rings. The highest BCUT2D eigenvalue weighted by Gasteiger charge is 2.08. The van der Waals surface area contributed by atoms with E-state index < -0.39 is 0 Å². The smallest absolute Gasteiger partial charge is 0.193 e. The lowest BCUT2D eigenvalue weighted by molar-refractivity contribution is 0.471. The monoisotopic (exact) mass is 323 g/mol. The van der Waals surface area contributed by atoms with Gasteiger partial charge in [-0.3, -0.25) is 4.99 Å². The molecule has 0 atom stereocenters. The lowest BCUT2D eigenvalue weighted by Crippen LogP contribution is -2.39. The first-order chi connectivity index (χ1) is 10.1. The van der Waals surface area contributed by atoms with Gasteiger partial charge in [-0.15, -0.1) is 22.7 Å². The zero-order valence-electron chi connectivity index (χ0n) is 12.9. The van der Waals surface area contributed by atoms with Gasteiger partial charge in [0.1, 0.15) is 0 Å². The molecule has 1 N–H and O–H groups in total. The van der Waals surface area contributed by atoms with Crippen LogP contribution in [0.3, 0.4) is 0 Å². The summed E-state index contributed by atoms with van der Waals surface area (Å²) >= 11 is 3.43. The maximum absolute atomic E-state index is 4.48. The molecule has 2 heterocycles. The number of thiazole rings is 2. The maximum atomic E-state index is 4.48. The van der Waals surface area contributed by atoms with E-state index in [4.69, 9.17) is 0 Å². The molecule has 0 aliphatic rings. The first kappa shape index (κ1) is 15.9. The summed E-state index contributed by atoms with van der Waals surface area (Å²) in [5, 5.41) is 7.72. The van der Waals surface area contributed by atoms with Crippen LogP contribution in [0.1, 0.15) is 20.6 Å². The topological polar surface area (TPSA) is 53.4 Å². The summed E-state index contributed by atoms with van der Waals surface area (Å²) in [4.78, 5) is 16.5. The van der Waals surface area contributed by atoms with Gasteiger partial charge in [0, 0.05) is 43.5 Å². The van der Waals surface area contributed by atoms with Crippen molar-refractivity contribution in [2.45, 2.75) is 26.8 Å². The molecule has 0 aromatic carbocycles. The van der Waals surface area contributed by atoms with Crippen molar-refractivity contribution in [2.75, 3.05) is 20.6 Å². The maximum Gasteiger partial charge on any atom is 0.193 e. The molecule has 0 saturated carbocycles. The van der Waals surface area contributed by atoms with Gasteiger partial charge in [-0.2, -0.15) is 0 Å². The quantitative estimate of drug-likeness (QED) is 0.678. The predicted octanol–water partition coefficient (Wildman–Crippen LogP) is 2.47. The number of rotatable bonds is 5. The van der Waals surface area contributed by atoms with Crippen molar-refractivity contribution in [3.8, 4) is 0 Å². The van der Waals surface area contributed by atoms with Crippen molar-refractivity contribution in [3.63, 3.8) is 0 Å². The number of guanidine groups is 1. The van der Waals surface area contributed by atoms with E-state index in [0.29, 0.717) is 0 Å². The fourth-order valence-corrected chi connectivity index (χ4v) is 3.37. The Balaban J connectivity index is 1.82. The van der Waals surface area contributed by atoms with Gasteiger partial charge in [0.05, 0.1) is 22.3 Å². The lowest BCUT2D eigenvalue weighted by Gasteiger charge is -2.21. The molecule has 0 radical (unpaired) electrons. The van der Waals surface area contributed by atoms with E-state index in [1.807, 2.05) is 20.2 Å². The Bertz CT molecular complexity index is 602. The lowest BCUT2D eigenvalue weighted by atomic mass is 10.4. The number of aryl methyl sites for hydroxylation is 2. The summed E-state index contributed by atoms with van der Waals surface area (Å²) in [5.41, 5.74) is 1.08. The van der Waals surface area contributed by atoms with Crippen LogP contribution in [0.25, 0.3) is 0 Å². The second-order valence-electron chi connectivity index (χ2n) is 4.80. The van der Waals surface area contributed by atoms with Crippen LogP contribution in [-0.2, 0) is 13.0 Å². The Kier molecular flexibility index (Phi) is 5.69. The van der Waals surface area contributed by atoms with E-state index in [9.17, 15) is 0 Å². The van der Waals surface area contributed by atoms with Gasteiger partial charge in [0.2, 0.25) is 0 Å². The summed E-state index contributed by atoms with van der Waals surface area (Å²) < 4.78 is 0. The summed E-state index contributed by atoms with van der Waals surface area (Å²) in [7, 11) is 3.83. The number of nitrogens with one attached hydrogen (secondary N) is 1. The summed E-state index contributed by atoms with van der Waals surface area (Å²) in [6.45, 7) is 5.70. The second kappa shape index (κ2) is 7.51. The normalized spacial score (nSPS) is 11.7. The minimum Gasteiger partial charge on any atom is -0.356 e. The number of nitrogens with zero attached hydrogens (tertiary/aromatic N) is 4. The van der Waals surface area contributed by atoms with E-state index >= 15 is 0 Å². The van der Waals surface area contributed by atoms with E-state index in [-0.39, 0.29) is 0 Å². The van der Waals surface area contributed by atoms with Crippen LogP contribution in [0.5, 0.6) is 0 Å². The number of aliphatic imine (C=N–C) groups is 1. The number of hydrogen-bond acceptors (Lipinski definition) is 5. The van der Waals surface area contributed by atoms with Gasteiger partial charge in [0.15, 0.2) is 5.96 Å². The molecule has 114 valence electrons. The SMILES string of the molecule is CN=C(NCCc1ncc(C)s1)N(C)Cc1csc(C)n1. The number of hydrogen-bond donors (Lipinski definition) is 1. The molecule has 0 amide bonds. The first-order valence-corrected chi connectivity index (χ1v) is 8.52. The van der Waals surface area contributed by atoms with Crippen LogP contribution in [0.2, 0.25) is 0 Å². The van der Waals surface area contributed by atoms with E-state index in [1.54, 1.807) is 29.7 Å². The van der Waals surface area contributed by atoms with Crippen molar-refractivity contribution in [1.29, 1.82) is 0 Å². The first-order valence-electron chi connectivity index (χ1n) is 6.82. The molecule has 0 bridgehead atoms. The van der Waals surface area contributed by atoms with Crippen LogP contribution in [0.15, 0.2) is 16.6 Å². The Morgan fingerprint density at radius 2 is 2.24 bits per heavy atom. The molecule has 21 heavy (non-hydrogen) atoms. The third-order valence-electron chi connectivity index (χ3n) is 2.93. The van der Waals surface area contributed by atoms with Crippen molar-refractivity contribution in [2.24, 2.45) is 4.99 Å². The van der Waals surface area contributed by atoms with Crippen molar-refractivity contribution < 1.29 is 0 Å². The van der Waals surface area contributed by atoms with E-state index in [0.717, 1.165) is 41.2 Å². The van der Waals surface area contributed by atoms with Crippen molar-refractivity contribution >= 4 is 28.6 Å². The molecular formula is C14H21N5S2. The Morgan fingerprint density at radius 1 is 1.43 bits per heavy atom. The average Bonchev–Trinajstić information content (AvgIpc) is 3.03. The minimum atomic E-state index is 0.764. The molecular weight excluding hydrogens is 302 g/mol. The predicted molar refractivity (Wildman–Crippen MR) is 90.2 cm³/mol. The highest BCUT2D eigenvalue weighted by Crippen LogP contribution is 2.11. The third-order valence-corrected chi connectivity index (χ3v) is 4.73. The molecule has 2 rings (SSSR count). The highest BCUT2D eigenvalue weighted by molar-refractivity contribution is 7.11. The van der Waals surface area contributed by atoms with Gasteiger partial charge in [0.25, 0.3) is 0 Å². The van der Waals surface area contributed by atoms with Crippen molar-refractivity contribution in [3.05, 3.63) is 32.2 Å². The molecule has 2 aromatic rings. The molecule has 5 nitrogen and oxygen atoms in total. The fraction of sp³-hybridized carbons (Fsp3) is 0.500. The standard InChI is InChI=1S/C14H21N5S2/c1-10-7-17-13(21-10)5-6-16-14(15-3)19(4)8-12-9-20-11(2)18-12/h7,9H,5-6,8H2,1-4H3,(H,15,16). The van der Waals surface area contributed by atoms with Gasteiger partial charge in [-0.25, -0.2) is 9.97 Å². The van der Waals surface area contributed by atoms with Crippen molar-refractivity contribution in [1.82, 2.24) is 20.2 Å². The molecule has 0 unspecified atom stereocenters. The molecule has 0 spiro atoms. The number of aromatic nitrogens is 2. The summed E-state index contributed by atoms with van der Waals surface area (Å²) in [5.74, 6) is 0.883. The van der Waals surface area contributed by atoms with Crippen LogP contribution >= 0.6 is 22.7 Å². The fourth-order valence-electron chi connectivity index (χ4n) is 1.98. The molecule has 0 aliphatic carbocycles. The van der Waals surface area contributed by atoms with Crippen LogP contribution < -0.4 is 5.32 Å². The van der Waals surface area contributed by atoms with Gasteiger partial charge >= 0.3 is 0 Å². The molecule has 2 aromatic heterocycles. The third kappa shape index (κ3) is 4.78. The van der Waals surface area contributed by atoms with Crippen LogP contribution in [0.4, 0.5) is 0 Å². The molecule has 0 aliphatic heterocycles. The van der Waals surface area contributed by atoms with Gasteiger partial charge in [-0.05, 0) is 13.8 Å². The average molecular weight is 323 g/mol. The second-order valence-corrected chi connectivity index (χ2v) is 7.18. The zero-order chi connectivity index (χ0) is 15.2. The Morgan fingerprint density at radius 3 is 2.81 bits per heavy atom. The van der Waals surface area contributed by atoms with Gasteiger partial charge in [-0.1, -0.05) is 0 Å². The molecule has 7 heteroatoms. The summed E-state index contributed by atoms with van der Waals surface area (Å²) in [6.07, 6.45) is 2.84. The van der Waals surface area contributed by atoms with Crippen LogP contribution in [0, 0.1) is 13.8 Å². The van der Waals surface area contributed by atoms with E-state index in [1.165, 1.54) is 4.88 Å². The van der Waals surface area contributed by atoms with Gasteiger partial charge < -0.3 is 10.2 Å². The molecule has 0 saturated heterocycles.